The average Bonchev–Trinajstić information content (AvgIpc) is 3.06. The van der Waals surface area contributed by atoms with Gasteiger partial charge in [-0.3, -0.25) is 9.59 Å². The number of methoxy groups -OCH3 is 2. The maximum atomic E-state index is 13.0. The number of amides is 1. The number of carbonyl (C=O) groups excluding carboxylic acids is 2. The van der Waals surface area contributed by atoms with E-state index in [2.05, 4.69) is 13.8 Å². The van der Waals surface area contributed by atoms with E-state index in [9.17, 15) is 14.7 Å². The van der Waals surface area contributed by atoms with Gasteiger partial charge >= 0.3 is 0 Å². The highest BCUT2D eigenvalue weighted by Crippen LogP contribution is 2.40. The van der Waals surface area contributed by atoms with Crippen molar-refractivity contribution in [2.24, 2.45) is 5.92 Å². The molecule has 1 heterocycles. The van der Waals surface area contributed by atoms with Gasteiger partial charge in [0.2, 0.25) is 0 Å². The first-order valence-electron chi connectivity index (χ1n) is 10.9. The Hall–Kier alpha value is -3.32. The van der Waals surface area contributed by atoms with Crippen LogP contribution in [0.25, 0.3) is 5.76 Å². The number of aliphatic hydroxyl groups excluding tert-OH is 1. The van der Waals surface area contributed by atoms with Crippen molar-refractivity contribution in [3.63, 3.8) is 0 Å². The second-order valence-corrected chi connectivity index (χ2v) is 8.44. The van der Waals surface area contributed by atoms with Crippen LogP contribution in [0.5, 0.6) is 11.5 Å². The molecular formula is C26H31NO6. The molecule has 0 bridgehead atoms. The summed E-state index contributed by atoms with van der Waals surface area (Å²) in [6.07, 6.45) is 0. The molecule has 1 N–H and O–H groups in total. The molecular weight excluding hydrogens is 422 g/mol. The second kappa shape index (κ2) is 10.5. The standard InChI is InChI=1S/C26H31NO6/c1-16(2)15-33-20-9-6-18(7-10-20)23-22(25(29)26(30)27(23)12-13-31-4)24(28)19-8-11-21(32-5)17(3)14-19/h6-11,14,16,23,28H,12-13,15H2,1-5H3/b24-22-. The lowest BCUT2D eigenvalue weighted by molar-refractivity contribution is -0.140. The molecule has 0 aliphatic carbocycles. The Balaban J connectivity index is 2.06. The summed E-state index contributed by atoms with van der Waals surface area (Å²) < 4.78 is 16.2. The molecule has 1 atom stereocenters. The average molecular weight is 454 g/mol. The molecule has 3 rings (SSSR count). The number of rotatable bonds is 9. The predicted molar refractivity (Wildman–Crippen MR) is 125 cm³/mol. The molecule has 1 unspecified atom stereocenters. The van der Waals surface area contributed by atoms with E-state index in [1.807, 2.05) is 31.2 Å². The van der Waals surface area contributed by atoms with E-state index >= 15 is 0 Å². The quantitative estimate of drug-likeness (QED) is 0.349. The smallest absolute Gasteiger partial charge is 0.295 e. The maximum Gasteiger partial charge on any atom is 0.295 e. The fraction of sp³-hybridized carbons (Fsp3) is 0.385. The highest BCUT2D eigenvalue weighted by atomic mass is 16.5. The first-order chi connectivity index (χ1) is 15.8. The molecule has 1 aliphatic rings. The Morgan fingerprint density at radius 2 is 1.79 bits per heavy atom. The van der Waals surface area contributed by atoms with Crippen molar-refractivity contribution >= 4 is 17.4 Å². The molecule has 33 heavy (non-hydrogen) atoms. The number of ether oxygens (including phenoxy) is 3. The molecule has 7 nitrogen and oxygen atoms in total. The van der Waals surface area contributed by atoms with Crippen molar-refractivity contribution in [3.05, 3.63) is 64.7 Å². The SMILES string of the molecule is COCCN1C(=O)C(=O)/C(=C(\O)c2ccc(OC)c(C)c2)C1c1ccc(OCC(C)C)cc1. The van der Waals surface area contributed by atoms with Crippen molar-refractivity contribution in [2.45, 2.75) is 26.8 Å². The zero-order valence-electron chi connectivity index (χ0n) is 19.8. The zero-order valence-corrected chi connectivity index (χ0v) is 19.8. The third-order valence-corrected chi connectivity index (χ3v) is 5.52. The third kappa shape index (κ3) is 5.20. The van der Waals surface area contributed by atoms with Crippen LogP contribution in [0.4, 0.5) is 0 Å². The van der Waals surface area contributed by atoms with Gasteiger partial charge in [0, 0.05) is 19.2 Å². The molecule has 1 fully saturated rings. The molecule has 1 amide bonds. The number of likely N-dealkylation sites (tertiary alicyclic amines) is 1. The fourth-order valence-electron chi connectivity index (χ4n) is 3.84. The van der Waals surface area contributed by atoms with Gasteiger partial charge in [0.1, 0.15) is 17.3 Å². The van der Waals surface area contributed by atoms with Gasteiger partial charge < -0.3 is 24.2 Å². The third-order valence-electron chi connectivity index (χ3n) is 5.52. The van der Waals surface area contributed by atoms with E-state index in [0.29, 0.717) is 35.2 Å². The van der Waals surface area contributed by atoms with Crippen LogP contribution in [-0.4, -0.2) is 55.7 Å². The van der Waals surface area contributed by atoms with Crippen LogP contribution >= 0.6 is 0 Å². The van der Waals surface area contributed by atoms with Gasteiger partial charge in [-0.15, -0.1) is 0 Å². The minimum absolute atomic E-state index is 0.0523. The fourth-order valence-corrected chi connectivity index (χ4v) is 3.84. The molecule has 1 aliphatic heterocycles. The number of hydrogen-bond donors (Lipinski definition) is 1. The van der Waals surface area contributed by atoms with Crippen LogP contribution in [-0.2, 0) is 14.3 Å². The Labute approximate surface area is 194 Å². The number of aryl methyl sites for hydroxylation is 1. The summed E-state index contributed by atoms with van der Waals surface area (Å²) in [5.74, 6) is 0.154. The van der Waals surface area contributed by atoms with E-state index in [4.69, 9.17) is 14.2 Å². The molecule has 2 aromatic rings. The first kappa shape index (κ1) is 24.3. The number of carbonyl (C=O) groups is 2. The van der Waals surface area contributed by atoms with Gasteiger partial charge in [-0.05, 0) is 54.3 Å². The Morgan fingerprint density at radius 1 is 1.09 bits per heavy atom. The topological polar surface area (TPSA) is 85.3 Å². The van der Waals surface area contributed by atoms with Crippen molar-refractivity contribution in [1.29, 1.82) is 0 Å². The van der Waals surface area contributed by atoms with Crippen molar-refractivity contribution in [2.75, 3.05) is 34.0 Å². The summed E-state index contributed by atoms with van der Waals surface area (Å²) in [5, 5.41) is 11.2. The summed E-state index contributed by atoms with van der Waals surface area (Å²) in [5.41, 5.74) is 2.00. The lowest BCUT2D eigenvalue weighted by Crippen LogP contribution is -2.32. The molecule has 2 aromatic carbocycles. The summed E-state index contributed by atoms with van der Waals surface area (Å²) in [4.78, 5) is 27.4. The van der Waals surface area contributed by atoms with Gasteiger partial charge in [0.05, 0.1) is 31.9 Å². The summed E-state index contributed by atoms with van der Waals surface area (Å²) in [6, 6.07) is 11.7. The Morgan fingerprint density at radius 3 is 2.36 bits per heavy atom. The molecule has 1 saturated heterocycles. The molecule has 0 radical (unpaired) electrons. The van der Waals surface area contributed by atoms with Crippen LogP contribution in [0.2, 0.25) is 0 Å². The largest absolute Gasteiger partial charge is 0.507 e. The second-order valence-electron chi connectivity index (χ2n) is 8.44. The summed E-state index contributed by atoms with van der Waals surface area (Å²) in [6.45, 7) is 7.05. The summed E-state index contributed by atoms with van der Waals surface area (Å²) >= 11 is 0. The number of benzene rings is 2. The molecule has 0 saturated carbocycles. The van der Waals surface area contributed by atoms with Crippen LogP contribution in [0, 0.1) is 12.8 Å². The molecule has 176 valence electrons. The highest BCUT2D eigenvalue weighted by molar-refractivity contribution is 6.46. The van der Waals surface area contributed by atoms with E-state index in [-0.39, 0.29) is 24.5 Å². The lowest BCUT2D eigenvalue weighted by atomic mass is 9.94. The lowest BCUT2D eigenvalue weighted by Gasteiger charge is -2.25. The Bertz CT molecular complexity index is 1040. The zero-order chi connectivity index (χ0) is 24.1. The van der Waals surface area contributed by atoms with Gasteiger partial charge in [-0.2, -0.15) is 0 Å². The van der Waals surface area contributed by atoms with Gasteiger partial charge in [-0.25, -0.2) is 0 Å². The number of Topliss-reactive ketones (excluding diaryl/α,β-unsaturated/α-hetero) is 1. The van der Waals surface area contributed by atoms with E-state index in [1.54, 1.807) is 25.3 Å². The van der Waals surface area contributed by atoms with Crippen molar-refractivity contribution < 1.29 is 28.9 Å². The van der Waals surface area contributed by atoms with E-state index in [0.717, 1.165) is 5.56 Å². The number of aliphatic hydroxyl groups is 1. The van der Waals surface area contributed by atoms with Gasteiger partial charge in [0.25, 0.3) is 11.7 Å². The van der Waals surface area contributed by atoms with Gasteiger partial charge in [0.15, 0.2) is 0 Å². The minimum Gasteiger partial charge on any atom is -0.507 e. The van der Waals surface area contributed by atoms with E-state index < -0.39 is 17.7 Å². The van der Waals surface area contributed by atoms with Crippen LogP contribution in [0.3, 0.4) is 0 Å². The van der Waals surface area contributed by atoms with E-state index in [1.165, 1.54) is 12.0 Å². The normalized spacial score (nSPS) is 17.6. The van der Waals surface area contributed by atoms with Crippen molar-refractivity contribution in [3.8, 4) is 11.5 Å². The maximum absolute atomic E-state index is 13.0. The Kier molecular flexibility index (Phi) is 7.76. The first-order valence-corrected chi connectivity index (χ1v) is 10.9. The van der Waals surface area contributed by atoms with Crippen LogP contribution in [0.15, 0.2) is 48.0 Å². The number of ketones is 1. The molecule has 0 aromatic heterocycles. The molecule has 0 spiro atoms. The van der Waals surface area contributed by atoms with Crippen molar-refractivity contribution in [1.82, 2.24) is 4.90 Å². The predicted octanol–water partition coefficient (Wildman–Crippen LogP) is 4.11. The van der Waals surface area contributed by atoms with Crippen LogP contribution in [0.1, 0.15) is 36.6 Å². The monoisotopic (exact) mass is 453 g/mol. The van der Waals surface area contributed by atoms with Crippen LogP contribution < -0.4 is 9.47 Å². The summed E-state index contributed by atoms with van der Waals surface area (Å²) in [7, 11) is 3.10. The minimum atomic E-state index is -0.735. The number of hydrogen-bond acceptors (Lipinski definition) is 6. The van der Waals surface area contributed by atoms with Gasteiger partial charge in [-0.1, -0.05) is 26.0 Å². The highest BCUT2D eigenvalue weighted by Gasteiger charge is 2.45. The number of nitrogens with zero attached hydrogens (tertiary/aromatic N) is 1. The molecule has 7 heteroatoms.